The molecule has 0 unspecified atom stereocenters. The van der Waals surface area contributed by atoms with Crippen LogP contribution in [0.25, 0.3) is 0 Å². The summed E-state index contributed by atoms with van der Waals surface area (Å²) < 4.78 is 5.86. The number of morpholine rings is 1. The summed E-state index contributed by atoms with van der Waals surface area (Å²) in [6.45, 7) is 9.03. The van der Waals surface area contributed by atoms with Gasteiger partial charge in [-0.05, 0) is 18.3 Å². The SMILES string of the molecule is CC1(CN2CCOC3(CNC3)C2)CC1. The molecule has 0 aromatic carbocycles. The molecule has 2 aliphatic heterocycles. The minimum absolute atomic E-state index is 0.184. The van der Waals surface area contributed by atoms with Gasteiger partial charge in [0, 0.05) is 32.7 Å². The average Bonchev–Trinajstić information content (AvgIpc) is 2.81. The predicted molar refractivity (Wildman–Crippen MR) is 55.3 cm³/mol. The summed E-state index contributed by atoms with van der Waals surface area (Å²) in [6, 6.07) is 0. The van der Waals surface area contributed by atoms with Crippen LogP contribution in [-0.4, -0.2) is 49.8 Å². The summed E-state index contributed by atoms with van der Waals surface area (Å²) in [5, 5.41) is 3.32. The zero-order valence-corrected chi connectivity index (χ0v) is 9.01. The first kappa shape index (κ1) is 9.13. The Bertz CT molecular complexity index is 233. The normalized spacial score (nSPS) is 34.1. The lowest BCUT2D eigenvalue weighted by Crippen LogP contribution is -2.69. The van der Waals surface area contributed by atoms with Crippen LogP contribution in [0.4, 0.5) is 0 Å². The Balaban J connectivity index is 1.58. The zero-order chi connectivity index (χ0) is 9.65. The highest BCUT2D eigenvalue weighted by Gasteiger charge is 2.45. The van der Waals surface area contributed by atoms with E-state index in [0.29, 0.717) is 5.41 Å². The van der Waals surface area contributed by atoms with Gasteiger partial charge in [0.25, 0.3) is 0 Å². The molecule has 2 heterocycles. The largest absolute Gasteiger partial charge is 0.370 e. The van der Waals surface area contributed by atoms with Crippen molar-refractivity contribution in [1.29, 1.82) is 0 Å². The first-order chi connectivity index (χ1) is 6.70. The zero-order valence-electron chi connectivity index (χ0n) is 9.01. The van der Waals surface area contributed by atoms with Crippen LogP contribution in [0.3, 0.4) is 0 Å². The molecule has 1 N–H and O–H groups in total. The van der Waals surface area contributed by atoms with Crippen molar-refractivity contribution in [3.8, 4) is 0 Å². The molecule has 80 valence electrons. The van der Waals surface area contributed by atoms with E-state index in [1.54, 1.807) is 0 Å². The average molecular weight is 196 g/mol. The van der Waals surface area contributed by atoms with Crippen LogP contribution in [0.15, 0.2) is 0 Å². The van der Waals surface area contributed by atoms with E-state index in [4.69, 9.17) is 4.74 Å². The highest BCUT2D eigenvalue weighted by Crippen LogP contribution is 2.45. The molecule has 3 nitrogen and oxygen atoms in total. The Labute approximate surface area is 85.8 Å². The fourth-order valence-corrected chi connectivity index (χ4v) is 2.59. The van der Waals surface area contributed by atoms with E-state index in [1.165, 1.54) is 19.4 Å². The lowest BCUT2D eigenvalue weighted by Gasteiger charge is -2.49. The number of hydrogen-bond acceptors (Lipinski definition) is 3. The van der Waals surface area contributed by atoms with E-state index < -0.39 is 0 Å². The first-order valence-electron chi connectivity index (χ1n) is 5.77. The molecule has 3 fully saturated rings. The summed E-state index contributed by atoms with van der Waals surface area (Å²) in [5.74, 6) is 0. The molecule has 0 aromatic rings. The molecule has 0 amide bonds. The molecule has 3 rings (SSSR count). The molecular weight excluding hydrogens is 176 g/mol. The van der Waals surface area contributed by atoms with Crippen LogP contribution in [0, 0.1) is 5.41 Å². The van der Waals surface area contributed by atoms with Gasteiger partial charge in [-0.2, -0.15) is 0 Å². The Kier molecular flexibility index (Phi) is 1.92. The van der Waals surface area contributed by atoms with Gasteiger partial charge < -0.3 is 10.1 Å². The lowest BCUT2D eigenvalue weighted by molar-refractivity contribution is -0.137. The van der Waals surface area contributed by atoms with E-state index in [9.17, 15) is 0 Å². The van der Waals surface area contributed by atoms with Crippen LogP contribution in [0.1, 0.15) is 19.8 Å². The summed E-state index contributed by atoms with van der Waals surface area (Å²) in [5.41, 5.74) is 0.833. The van der Waals surface area contributed by atoms with Crippen molar-refractivity contribution < 1.29 is 4.74 Å². The van der Waals surface area contributed by atoms with Crippen LogP contribution in [0.2, 0.25) is 0 Å². The van der Waals surface area contributed by atoms with Crippen LogP contribution in [-0.2, 0) is 4.74 Å². The maximum Gasteiger partial charge on any atom is 0.106 e. The quantitative estimate of drug-likeness (QED) is 0.694. The second kappa shape index (κ2) is 2.94. The minimum atomic E-state index is 0.184. The Morgan fingerprint density at radius 3 is 2.71 bits per heavy atom. The summed E-state index contributed by atoms with van der Waals surface area (Å²) in [4.78, 5) is 2.61. The van der Waals surface area contributed by atoms with E-state index in [0.717, 1.165) is 32.8 Å². The summed E-state index contributed by atoms with van der Waals surface area (Å²) in [7, 11) is 0. The standard InChI is InChI=1S/C11H20N2O/c1-10(2-3-10)8-13-4-5-14-11(9-13)6-12-7-11/h12H,2-9H2,1H3. The molecule has 0 atom stereocenters. The van der Waals surface area contributed by atoms with Gasteiger partial charge >= 0.3 is 0 Å². The van der Waals surface area contributed by atoms with E-state index in [-0.39, 0.29) is 5.60 Å². The molecule has 1 aliphatic carbocycles. The number of rotatable bonds is 2. The molecule has 3 aliphatic rings. The van der Waals surface area contributed by atoms with Crippen molar-refractivity contribution in [3.05, 3.63) is 0 Å². The molecule has 0 aromatic heterocycles. The number of nitrogens with zero attached hydrogens (tertiary/aromatic N) is 1. The number of nitrogens with one attached hydrogen (secondary N) is 1. The maximum atomic E-state index is 5.86. The minimum Gasteiger partial charge on any atom is -0.370 e. The van der Waals surface area contributed by atoms with Crippen molar-refractivity contribution in [3.63, 3.8) is 0 Å². The second-order valence-electron chi connectivity index (χ2n) is 5.66. The van der Waals surface area contributed by atoms with E-state index in [1.807, 2.05) is 0 Å². The van der Waals surface area contributed by atoms with Gasteiger partial charge in [-0.15, -0.1) is 0 Å². The lowest BCUT2D eigenvalue weighted by atomic mass is 9.94. The number of ether oxygens (including phenoxy) is 1. The summed E-state index contributed by atoms with van der Waals surface area (Å²) >= 11 is 0. The molecular formula is C11H20N2O. The summed E-state index contributed by atoms with van der Waals surface area (Å²) in [6.07, 6.45) is 2.85. The van der Waals surface area contributed by atoms with Gasteiger partial charge in [-0.25, -0.2) is 0 Å². The molecule has 14 heavy (non-hydrogen) atoms. The molecule has 1 saturated carbocycles. The fraction of sp³-hybridized carbons (Fsp3) is 1.00. The van der Waals surface area contributed by atoms with Gasteiger partial charge in [0.05, 0.1) is 6.61 Å². The molecule has 1 spiro atoms. The van der Waals surface area contributed by atoms with Crippen LogP contribution < -0.4 is 5.32 Å². The highest BCUT2D eigenvalue weighted by molar-refractivity contribution is 5.01. The van der Waals surface area contributed by atoms with E-state index >= 15 is 0 Å². The molecule has 3 heteroatoms. The highest BCUT2D eigenvalue weighted by atomic mass is 16.5. The van der Waals surface area contributed by atoms with Crippen LogP contribution in [0.5, 0.6) is 0 Å². The third-order valence-corrected chi connectivity index (χ3v) is 3.93. The van der Waals surface area contributed by atoms with Gasteiger partial charge in [0.2, 0.25) is 0 Å². The van der Waals surface area contributed by atoms with Gasteiger partial charge in [-0.1, -0.05) is 6.92 Å². The predicted octanol–water partition coefficient (Wildman–Crippen LogP) is 0.461. The Hall–Kier alpha value is -0.120. The third kappa shape index (κ3) is 1.58. The topological polar surface area (TPSA) is 24.5 Å². The van der Waals surface area contributed by atoms with Crippen molar-refractivity contribution in [2.75, 3.05) is 39.3 Å². The van der Waals surface area contributed by atoms with Crippen LogP contribution >= 0.6 is 0 Å². The van der Waals surface area contributed by atoms with Gasteiger partial charge in [0.15, 0.2) is 0 Å². The smallest absolute Gasteiger partial charge is 0.106 e. The third-order valence-electron chi connectivity index (χ3n) is 3.93. The molecule has 0 radical (unpaired) electrons. The van der Waals surface area contributed by atoms with E-state index in [2.05, 4.69) is 17.1 Å². The maximum absolute atomic E-state index is 5.86. The Morgan fingerprint density at radius 2 is 2.14 bits per heavy atom. The fourth-order valence-electron chi connectivity index (χ4n) is 2.59. The van der Waals surface area contributed by atoms with Crippen molar-refractivity contribution in [1.82, 2.24) is 10.2 Å². The molecule has 0 bridgehead atoms. The van der Waals surface area contributed by atoms with Gasteiger partial charge in [-0.3, -0.25) is 4.90 Å². The first-order valence-corrected chi connectivity index (χ1v) is 5.77. The van der Waals surface area contributed by atoms with Crippen molar-refractivity contribution in [2.24, 2.45) is 5.41 Å². The monoisotopic (exact) mass is 196 g/mol. The van der Waals surface area contributed by atoms with Crippen molar-refractivity contribution >= 4 is 0 Å². The van der Waals surface area contributed by atoms with Gasteiger partial charge in [0.1, 0.15) is 5.60 Å². The second-order valence-corrected chi connectivity index (χ2v) is 5.66. The number of hydrogen-bond donors (Lipinski definition) is 1. The molecule has 2 saturated heterocycles. The Morgan fingerprint density at radius 1 is 1.36 bits per heavy atom. The van der Waals surface area contributed by atoms with Crippen molar-refractivity contribution in [2.45, 2.75) is 25.4 Å².